The van der Waals surface area contributed by atoms with Gasteiger partial charge in [0.15, 0.2) is 6.10 Å². The number of phosphoric acid groups is 1. The van der Waals surface area contributed by atoms with E-state index in [9.17, 15) is 19.0 Å². The van der Waals surface area contributed by atoms with E-state index in [1.165, 1.54) is 128 Å². The first-order valence-electron chi connectivity index (χ1n) is 34.9. The molecule has 0 aliphatic rings. The third kappa shape index (κ3) is 69.3. The van der Waals surface area contributed by atoms with Crippen molar-refractivity contribution in [2.75, 3.05) is 47.5 Å². The van der Waals surface area contributed by atoms with Gasteiger partial charge >= 0.3 is 11.9 Å². The van der Waals surface area contributed by atoms with Crippen LogP contribution < -0.4 is 4.89 Å². The van der Waals surface area contributed by atoms with E-state index in [4.69, 9.17) is 18.5 Å². The van der Waals surface area contributed by atoms with Crippen molar-refractivity contribution in [2.45, 2.75) is 290 Å². The second-order valence-electron chi connectivity index (χ2n) is 24.2. The Morgan fingerprint density at radius 2 is 0.663 bits per heavy atom. The predicted molar refractivity (Wildman–Crippen MR) is 369 cm³/mol. The molecule has 0 heterocycles. The van der Waals surface area contributed by atoms with E-state index >= 15 is 0 Å². The minimum Gasteiger partial charge on any atom is -0.756 e. The molecule has 0 radical (unpaired) electrons. The van der Waals surface area contributed by atoms with Crippen molar-refractivity contribution >= 4 is 19.8 Å². The molecule has 0 saturated carbocycles. The number of phosphoric ester groups is 1. The summed E-state index contributed by atoms with van der Waals surface area (Å²) in [4.78, 5) is 38.0. The molecule has 0 bridgehead atoms. The predicted octanol–water partition coefficient (Wildman–Crippen LogP) is 22.2. The summed E-state index contributed by atoms with van der Waals surface area (Å²) >= 11 is 0. The fraction of sp³-hybridized carbons (Fsp3) is 0.684. The van der Waals surface area contributed by atoms with E-state index in [0.717, 1.165) is 122 Å². The lowest BCUT2D eigenvalue weighted by atomic mass is 10.0. The van der Waals surface area contributed by atoms with Crippen molar-refractivity contribution < 1.29 is 42.1 Å². The van der Waals surface area contributed by atoms with Crippen molar-refractivity contribution in [1.29, 1.82) is 0 Å². The second kappa shape index (κ2) is 65.6. The first kappa shape index (κ1) is 82.1. The quantitative estimate of drug-likeness (QED) is 0.0195. The Hall–Kier alpha value is -3.85. The minimum atomic E-state index is -4.65. The van der Waals surface area contributed by atoms with Gasteiger partial charge in [-0.05, 0) is 96.3 Å². The highest BCUT2D eigenvalue weighted by atomic mass is 31.2. The summed E-state index contributed by atoms with van der Waals surface area (Å²) in [5.41, 5.74) is 0. The van der Waals surface area contributed by atoms with Crippen molar-refractivity contribution in [3.63, 3.8) is 0 Å². The van der Waals surface area contributed by atoms with Crippen molar-refractivity contribution in [2.24, 2.45) is 0 Å². The standard InChI is InChI=1S/C76H130NO8P/c1-6-8-10-12-14-16-18-20-22-24-26-28-30-31-32-33-34-35-36-37-38-39-40-41-42-43-44-45-47-49-51-53-55-57-59-61-63-65-67-69-76(79)85-74(73-84-86(80,81)83-71-70-77(3,4)5)72-82-75(78)68-66-64-62-60-58-56-54-52-50-48-46-29-27-25-23-21-19-17-15-13-11-9-7-2/h8,10,14,16,20,22,26,28,31-32,34-35,37-38,40-41,43-44,47,49,53,55,74H,6-7,9,11-13,15,17-19,21,23-25,27,29-30,33,36,39,42,45-46,48,50-52,54,56-73H2,1-5H3/b10-8-,16-14-,22-20-,28-26-,32-31-,35-34-,38-37-,41-40-,44-43-,49-47-,55-53-. The second-order valence-corrected chi connectivity index (χ2v) is 25.6. The topological polar surface area (TPSA) is 111 Å². The fourth-order valence-electron chi connectivity index (χ4n) is 9.37. The van der Waals surface area contributed by atoms with E-state index in [1.807, 2.05) is 21.1 Å². The zero-order valence-corrected chi connectivity index (χ0v) is 56.9. The highest BCUT2D eigenvalue weighted by Crippen LogP contribution is 2.38. The number of carbonyl (C=O) groups excluding carboxylic acids is 2. The number of hydrogen-bond acceptors (Lipinski definition) is 8. The molecule has 86 heavy (non-hydrogen) atoms. The maximum atomic E-state index is 12.9. The highest BCUT2D eigenvalue weighted by Gasteiger charge is 2.22. The highest BCUT2D eigenvalue weighted by molar-refractivity contribution is 7.45. The monoisotopic (exact) mass is 1220 g/mol. The molecule has 0 aromatic rings. The van der Waals surface area contributed by atoms with Crippen LogP contribution in [0.5, 0.6) is 0 Å². The zero-order valence-electron chi connectivity index (χ0n) is 56.0. The largest absolute Gasteiger partial charge is 0.756 e. The van der Waals surface area contributed by atoms with Gasteiger partial charge in [0.25, 0.3) is 7.82 Å². The molecule has 0 aromatic heterocycles. The average molecular weight is 1220 g/mol. The van der Waals surface area contributed by atoms with Crippen molar-refractivity contribution in [1.82, 2.24) is 0 Å². The smallest absolute Gasteiger partial charge is 0.306 e. The summed E-state index contributed by atoms with van der Waals surface area (Å²) in [6, 6.07) is 0. The van der Waals surface area contributed by atoms with Crippen LogP contribution in [0.25, 0.3) is 0 Å². The summed E-state index contributed by atoms with van der Waals surface area (Å²) < 4.78 is 34.3. The Labute approximate surface area is 530 Å². The van der Waals surface area contributed by atoms with E-state index in [2.05, 4.69) is 148 Å². The lowest BCUT2D eigenvalue weighted by molar-refractivity contribution is -0.870. The lowest BCUT2D eigenvalue weighted by Gasteiger charge is -2.28. The number of ether oxygens (including phenoxy) is 2. The fourth-order valence-corrected chi connectivity index (χ4v) is 10.1. The van der Waals surface area contributed by atoms with E-state index < -0.39 is 26.5 Å². The van der Waals surface area contributed by atoms with Gasteiger partial charge in [0.05, 0.1) is 27.7 Å². The summed E-state index contributed by atoms with van der Waals surface area (Å²) in [6.07, 6.45) is 95.3. The number of unbranched alkanes of at least 4 members (excludes halogenated alkanes) is 27. The van der Waals surface area contributed by atoms with Crippen LogP contribution in [0.1, 0.15) is 284 Å². The van der Waals surface area contributed by atoms with E-state index in [-0.39, 0.29) is 32.0 Å². The van der Waals surface area contributed by atoms with E-state index in [0.29, 0.717) is 17.4 Å². The summed E-state index contributed by atoms with van der Waals surface area (Å²) in [6.45, 7) is 4.12. The number of quaternary nitrogens is 1. The number of nitrogens with zero attached hydrogens (tertiary/aromatic N) is 1. The number of carbonyl (C=O) groups is 2. The Balaban J connectivity index is 4.15. The van der Waals surface area contributed by atoms with Crippen LogP contribution in [0.2, 0.25) is 0 Å². The minimum absolute atomic E-state index is 0.0400. The lowest BCUT2D eigenvalue weighted by Crippen LogP contribution is -2.37. The number of hydrogen-bond donors (Lipinski definition) is 0. The van der Waals surface area contributed by atoms with Gasteiger partial charge in [-0.1, -0.05) is 308 Å². The number of allylic oxidation sites excluding steroid dienone is 22. The summed E-state index contributed by atoms with van der Waals surface area (Å²) in [5, 5.41) is 0. The summed E-state index contributed by atoms with van der Waals surface area (Å²) in [5.74, 6) is -0.854. The van der Waals surface area contributed by atoms with Crippen LogP contribution >= 0.6 is 7.82 Å². The molecular formula is C76H130NO8P. The number of likely N-dealkylation sites (N-methyl/N-ethyl adjacent to an activating group) is 1. The molecule has 0 N–H and O–H groups in total. The van der Waals surface area contributed by atoms with Gasteiger partial charge in [-0.15, -0.1) is 0 Å². The maximum Gasteiger partial charge on any atom is 0.306 e. The molecule has 0 rings (SSSR count). The summed E-state index contributed by atoms with van der Waals surface area (Å²) in [7, 11) is 1.14. The van der Waals surface area contributed by atoms with Gasteiger partial charge < -0.3 is 27.9 Å². The van der Waals surface area contributed by atoms with Gasteiger partial charge in [0.1, 0.15) is 19.8 Å². The molecule has 0 fully saturated rings. The van der Waals surface area contributed by atoms with Gasteiger partial charge in [0.2, 0.25) is 0 Å². The molecule has 492 valence electrons. The van der Waals surface area contributed by atoms with E-state index in [1.54, 1.807) is 0 Å². The van der Waals surface area contributed by atoms with Gasteiger partial charge in [-0.2, -0.15) is 0 Å². The normalized spacial score (nSPS) is 14.0. The number of esters is 2. The SMILES string of the molecule is CC/C=C\C/C=C\C/C=C\C/C=C\C/C=C\C/C=C\C/C=C\C/C=C\C/C=C\C/C=C\C/C=C\CCCCCCCC(=O)OC(COC(=O)CCCCCCCCCCCCCCCCCCCCCCCCC)COP(=O)([O-])OCC[N+](C)(C)C. The van der Waals surface area contributed by atoms with Gasteiger partial charge in [-0.25, -0.2) is 0 Å². The molecule has 0 aliphatic carbocycles. The van der Waals surface area contributed by atoms with Gasteiger partial charge in [-0.3, -0.25) is 14.2 Å². The first-order valence-corrected chi connectivity index (χ1v) is 36.4. The van der Waals surface area contributed by atoms with Crippen LogP contribution in [-0.2, 0) is 32.7 Å². The maximum absolute atomic E-state index is 12.9. The van der Waals surface area contributed by atoms with Crippen LogP contribution in [0.3, 0.4) is 0 Å². The van der Waals surface area contributed by atoms with Crippen LogP contribution in [0.4, 0.5) is 0 Å². The van der Waals surface area contributed by atoms with Crippen LogP contribution in [0, 0.1) is 0 Å². The molecule has 0 spiro atoms. The molecule has 9 nitrogen and oxygen atoms in total. The number of rotatable bonds is 63. The molecular weight excluding hydrogens is 1090 g/mol. The Bertz CT molecular complexity index is 1910. The molecule has 0 aliphatic heterocycles. The Morgan fingerprint density at radius 3 is 0.988 bits per heavy atom. The first-order chi connectivity index (χ1) is 42.0. The molecule has 10 heteroatoms. The van der Waals surface area contributed by atoms with Crippen molar-refractivity contribution in [3.8, 4) is 0 Å². The van der Waals surface area contributed by atoms with Crippen LogP contribution in [-0.4, -0.2) is 70.0 Å². The third-order valence-corrected chi connectivity index (χ3v) is 15.6. The van der Waals surface area contributed by atoms with Gasteiger partial charge in [0, 0.05) is 12.8 Å². The molecule has 2 unspecified atom stereocenters. The van der Waals surface area contributed by atoms with Crippen molar-refractivity contribution in [3.05, 3.63) is 134 Å². The Kier molecular flexibility index (Phi) is 62.7. The molecule has 0 aromatic carbocycles. The average Bonchev–Trinajstić information content (AvgIpc) is 3.56. The zero-order chi connectivity index (χ0) is 62.6. The molecule has 0 amide bonds. The van der Waals surface area contributed by atoms with Crippen LogP contribution in [0.15, 0.2) is 134 Å². The Morgan fingerprint density at radius 1 is 0.372 bits per heavy atom. The molecule has 2 atom stereocenters. The molecule has 0 saturated heterocycles. The third-order valence-electron chi connectivity index (χ3n) is 14.7.